The van der Waals surface area contributed by atoms with Crippen molar-refractivity contribution in [3.8, 4) is 5.88 Å². The number of fused-ring (bicyclic) bond motifs is 1. The van der Waals surface area contributed by atoms with E-state index in [9.17, 15) is 4.79 Å². The second kappa shape index (κ2) is 4.87. The summed E-state index contributed by atoms with van der Waals surface area (Å²) in [5.41, 5.74) is 0.936. The summed E-state index contributed by atoms with van der Waals surface area (Å²) in [6, 6.07) is 0. The monoisotopic (exact) mass is 261 g/mol. The summed E-state index contributed by atoms with van der Waals surface area (Å²) in [7, 11) is 0. The number of nitrogens with zero attached hydrogens (tertiary/aromatic N) is 2. The van der Waals surface area contributed by atoms with E-state index in [1.807, 2.05) is 0 Å². The number of hydrogen-bond donors (Lipinski definition) is 2. The topological polar surface area (TPSA) is 88.1 Å². The van der Waals surface area contributed by atoms with Crippen LogP contribution in [0.5, 0.6) is 5.88 Å². The highest BCUT2D eigenvalue weighted by molar-refractivity contribution is 6.00. The summed E-state index contributed by atoms with van der Waals surface area (Å²) < 4.78 is 5.79. The Morgan fingerprint density at radius 2 is 2.16 bits per heavy atom. The molecule has 1 fully saturated rings. The lowest BCUT2D eigenvalue weighted by Gasteiger charge is -2.22. The second-order valence-corrected chi connectivity index (χ2v) is 4.79. The highest BCUT2D eigenvalue weighted by Crippen LogP contribution is 2.23. The van der Waals surface area contributed by atoms with E-state index in [1.54, 1.807) is 6.20 Å². The number of nitrogens with one attached hydrogen (secondary N) is 1. The number of hydrogen-bond acceptors (Lipinski definition) is 4. The third-order valence-electron chi connectivity index (χ3n) is 3.43. The summed E-state index contributed by atoms with van der Waals surface area (Å²) >= 11 is 0. The fourth-order valence-electron chi connectivity index (χ4n) is 2.45. The minimum Gasteiger partial charge on any atom is -0.478 e. The molecule has 0 radical (unpaired) electrons. The van der Waals surface area contributed by atoms with Crippen LogP contribution in [0.3, 0.4) is 0 Å². The Bertz CT molecular complexity index is 602. The number of carbonyl (C=O) groups is 1. The number of aromatic amines is 1. The predicted octanol–water partition coefficient (Wildman–Crippen LogP) is 2.37. The smallest absolute Gasteiger partial charge is 0.339 e. The van der Waals surface area contributed by atoms with Gasteiger partial charge in [0.25, 0.3) is 0 Å². The van der Waals surface area contributed by atoms with Crippen molar-refractivity contribution in [3.05, 3.63) is 18.0 Å². The first-order valence-corrected chi connectivity index (χ1v) is 6.48. The van der Waals surface area contributed by atoms with Crippen LogP contribution in [-0.4, -0.2) is 32.1 Å². The Labute approximate surface area is 109 Å². The van der Waals surface area contributed by atoms with Gasteiger partial charge < -0.3 is 14.8 Å². The largest absolute Gasteiger partial charge is 0.478 e. The van der Waals surface area contributed by atoms with Gasteiger partial charge in [-0.15, -0.1) is 0 Å². The average molecular weight is 261 g/mol. The lowest BCUT2D eigenvalue weighted by molar-refractivity contribution is 0.0699. The van der Waals surface area contributed by atoms with Gasteiger partial charge in [-0.25, -0.2) is 14.8 Å². The summed E-state index contributed by atoms with van der Waals surface area (Å²) in [6.45, 7) is 0. The van der Waals surface area contributed by atoms with Gasteiger partial charge in [-0.3, -0.25) is 0 Å². The van der Waals surface area contributed by atoms with Gasteiger partial charge in [-0.2, -0.15) is 0 Å². The third-order valence-corrected chi connectivity index (χ3v) is 3.43. The van der Waals surface area contributed by atoms with Gasteiger partial charge in [0, 0.05) is 6.20 Å². The molecule has 0 aromatic carbocycles. The maximum absolute atomic E-state index is 11.0. The minimum absolute atomic E-state index is 0.122. The quantitative estimate of drug-likeness (QED) is 0.885. The highest BCUT2D eigenvalue weighted by atomic mass is 16.5. The molecule has 2 aromatic heterocycles. The lowest BCUT2D eigenvalue weighted by atomic mass is 9.98. The van der Waals surface area contributed by atoms with E-state index in [2.05, 4.69) is 15.0 Å². The van der Waals surface area contributed by atoms with Crippen molar-refractivity contribution in [1.82, 2.24) is 15.0 Å². The summed E-state index contributed by atoms with van der Waals surface area (Å²) in [4.78, 5) is 22.2. The molecule has 0 bridgehead atoms. The van der Waals surface area contributed by atoms with Crippen LogP contribution >= 0.6 is 0 Å². The molecule has 0 spiro atoms. The molecule has 0 atom stereocenters. The number of H-pyrrole nitrogens is 1. The Morgan fingerprint density at radius 1 is 1.37 bits per heavy atom. The molecule has 1 aliphatic rings. The van der Waals surface area contributed by atoms with Gasteiger partial charge in [0.1, 0.15) is 17.2 Å². The zero-order valence-electron chi connectivity index (χ0n) is 10.4. The molecule has 6 nitrogen and oxygen atoms in total. The Balaban J connectivity index is 1.87. The van der Waals surface area contributed by atoms with Crippen molar-refractivity contribution in [2.45, 2.75) is 38.2 Å². The van der Waals surface area contributed by atoms with Crippen molar-refractivity contribution in [2.24, 2.45) is 0 Å². The summed E-state index contributed by atoms with van der Waals surface area (Å²) in [5, 5.41) is 9.06. The number of carboxylic acid groups (broad SMARTS) is 1. The van der Waals surface area contributed by atoms with Gasteiger partial charge in [0.15, 0.2) is 5.65 Å². The zero-order chi connectivity index (χ0) is 13.2. The molecule has 2 N–H and O–H groups in total. The zero-order valence-corrected chi connectivity index (χ0v) is 10.4. The van der Waals surface area contributed by atoms with E-state index < -0.39 is 5.97 Å². The Kier molecular flexibility index (Phi) is 3.06. The molecule has 19 heavy (non-hydrogen) atoms. The van der Waals surface area contributed by atoms with Crippen LogP contribution in [-0.2, 0) is 0 Å². The molecule has 0 amide bonds. The highest BCUT2D eigenvalue weighted by Gasteiger charge is 2.18. The maximum atomic E-state index is 11.0. The number of aromatic carboxylic acids is 1. The van der Waals surface area contributed by atoms with Crippen molar-refractivity contribution in [1.29, 1.82) is 0 Å². The van der Waals surface area contributed by atoms with Gasteiger partial charge in [0.2, 0.25) is 5.88 Å². The maximum Gasteiger partial charge on any atom is 0.339 e. The van der Waals surface area contributed by atoms with Crippen LogP contribution in [0.2, 0.25) is 0 Å². The van der Waals surface area contributed by atoms with E-state index in [0.29, 0.717) is 17.0 Å². The number of aromatic nitrogens is 3. The standard InChI is InChI=1S/C13H15N3O3/c17-13(18)9-6-14-12-11(9)16-10(7-15-12)19-8-4-2-1-3-5-8/h6-8H,1-5H2,(H,14,15)(H,17,18). The van der Waals surface area contributed by atoms with E-state index in [4.69, 9.17) is 9.84 Å². The van der Waals surface area contributed by atoms with E-state index in [0.717, 1.165) is 12.8 Å². The van der Waals surface area contributed by atoms with E-state index >= 15 is 0 Å². The number of rotatable bonds is 3. The van der Waals surface area contributed by atoms with Crippen molar-refractivity contribution < 1.29 is 14.6 Å². The van der Waals surface area contributed by atoms with Crippen molar-refractivity contribution in [3.63, 3.8) is 0 Å². The van der Waals surface area contributed by atoms with Gasteiger partial charge in [-0.05, 0) is 25.7 Å². The second-order valence-electron chi connectivity index (χ2n) is 4.79. The molecule has 100 valence electrons. The van der Waals surface area contributed by atoms with Crippen LogP contribution in [0.1, 0.15) is 42.5 Å². The predicted molar refractivity (Wildman–Crippen MR) is 68.3 cm³/mol. The molecule has 0 unspecified atom stereocenters. The Hall–Kier alpha value is -2.11. The SMILES string of the molecule is O=C(O)c1c[nH]c2ncc(OC3CCCCC3)nc12. The molecule has 1 aliphatic carbocycles. The third kappa shape index (κ3) is 2.38. The van der Waals surface area contributed by atoms with Crippen LogP contribution in [0.15, 0.2) is 12.4 Å². The first-order valence-electron chi connectivity index (χ1n) is 6.48. The van der Waals surface area contributed by atoms with Crippen LogP contribution in [0.25, 0.3) is 11.2 Å². The average Bonchev–Trinajstić information content (AvgIpc) is 2.83. The fourth-order valence-corrected chi connectivity index (χ4v) is 2.45. The molecule has 0 aliphatic heterocycles. The minimum atomic E-state index is -1.02. The van der Waals surface area contributed by atoms with Crippen LogP contribution in [0, 0.1) is 0 Å². The molecule has 0 saturated heterocycles. The van der Waals surface area contributed by atoms with Crippen molar-refractivity contribution in [2.75, 3.05) is 0 Å². The molecule has 2 aromatic rings. The molecule has 2 heterocycles. The summed E-state index contributed by atoms with van der Waals surface area (Å²) in [5.74, 6) is -0.614. The van der Waals surface area contributed by atoms with Gasteiger partial charge in [0.05, 0.1) is 6.20 Å². The van der Waals surface area contributed by atoms with Gasteiger partial charge >= 0.3 is 5.97 Å². The number of carboxylic acids is 1. The molecule has 1 saturated carbocycles. The number of ether oxygens (including phenoxy) is 1. The Morgan fingerprint density at radius 3 is 2.89 bits per heavy atom. The lowest BCUT2D eigenvalue weighted by Crippen LogP contribution is -2.20. The summed E-state index contributed by atoms with van der Waals surface area (Å²) in [6.07, 6.45) is 8.77. The fraction of sp³-hybridized carbons (Fsp3) is 0.462. The molecule has 3 rings (SSSR count). The van der Waals surface area contributed by atoms with Crippen molar-refractivity contribution >= 4 is 17.1 Å². The normalized spacial score (nSPS) is 16.6. The van der Waals surface area contributed by atoms with E-state index in [-0.39, 0.29) is 11.7 Å². The van der Waals surface area contributed by atoms with Crippen LogP contribution < -0.4 is 4.74 Å². The van der Waals surface area contributed by atoms with Crippen LogP contribution in [0.4, 0.5) is 0 Å². The molecular weight excluding hydrogens is 246 g/mol. The first kappa shape index (κ1) is 12.0. The molecule has 6 heteroatoms. The first-order chi connectivity index (χ1) is 9.24. The van der Waals surface area contributed by atoms with E-state index in [1.165, 1.54) is 25.5 Å². The van der Waals surface area contributed by atoms with Gasteiger partial charge in [-0.1, -0.05) is 6.42 Å². The molecular formula is C13H15N3O3.